The summed E-state index contributed by atoms with van der Waals surface area (Å²) in [6.07, 6.45) is -0.422. The molecular formula is C15H18N4O4. The van der Waals surface area contributed by atoms with Crippen molar-refractivity contribution in [3.63, 3.8) is 0 Å². The Morgan fingerprint density at radius 3 is 2.83 bits per heavy atom. The molecule has 0 aliphatic carbocycles. The van der Waals surface area contributed by atoms with E-state index < -0.39 is 6.10 Å². The number of carbonyl (C=O) groups excluding carboxylic acids is 1. The maximum Gasteiger partial charge on any atom is 0.259 e. The van der Waals surface area contributed by atoms with Crippen LogP contribution in [-0.4, -0.2) is 45.6 Å². The van der Waals surface area contributed by atoms with E-state index in [1.165, 1.54) is 6.07 Å². The second-order valence-corrected chi connectivity index (χ2v) is 5.57. The van der Waals surface area contributed by atoms with E-state index in [1.54, 1.807) is 25.7 Å². The number of hydrogen-bond donors (Lipinski definition) is 1. The first-order valence-electron chi connectivity index (χ1n) is 7.37. The molecule has 3 heterocycles. The van der Waals surface area contributed by atoms with Crippen molar-refractivity contribution in [2.75, 3.05) is 19.7 Å². The van der Waals surface area contributed by atoms with Crippen LogP contribution in [0.25, 0.3) is 0 Å². The molecule has 1 saturated heterocycles. The molecule has 23 heavy (non-hydrogen) atoms. The van der Waals surface area contributed by atoms with E-state index in [0.29, 0.717) is 48.2 Å². The molecule has 1 amide bonds. The van der Waals surface area contributed by atoms with Gasteiger partial charge in [-0.25, -0.2) is 4.98 Å². The number of hydrogen-bond acceptors (Lipinski definition) is 6. The van der Waals surface area contributed by atoms with Crippen molar-refractivity contribution in [3.05, 3.63) is 45.0 Å². The first-order valence-corrected chi connectivity index (χ1v) is 7.37. The summed E-state index contributed by atoms with van der Waals surface area (Å²) >= 11 is 0. The fraction of sp³-hybridized carbons (Fsp3) is 0.467. The van der Waals surface area contributed by atoms with Gasteiger partial charge in [0.2, 0.25) is 0 Å². The molecule has 0 saturated carbocycles. The molecule has 0 aromatic carbocycles. The fourth-order valence-corrected chi connectivity index (χ4v) is 2.73. The number of rotatable bonds is 2. The number of aryl methyl sites for hydroxylation is 3. The first-order chi connectivity index (χ1) is 11.0. The lowest BCUT2D eigenvalue weighted by Gasteiger charge is -2.32. The predicted molar refractivity (Wildman–Crippen MR) is 80.2 cm³/mol. The maximum absolute atomic E-state index is 12.7. The monoisotopic (exact) mass is 318 g/mol. The Morgan fingerprint density at radius 2 is 2.17 bits per heavy atom. The Hall–Kier alpha value is -2.48. The second-order valence-electron chi connectivity index (χ2n) is 5.57. The van der Waals surface area contributed by atoms with Crippen LogP contribution in [0.15, 0.2) is 15.4 Å². The van der Waals surface area contributed by atoms with E-state index in [-0.39, 0.29) is 11.5 Å². The minimum Gasteiger partial charge on any atom is -0.368 e. The quantitative estimate of drug-likeness (QED) is 0.882. The lowest BCUT2D eigenvalue weighted by atomic mass is 10.1. The molecule has 8 nitrogen and oxygen atoms in total. The van der Waals surface area contributed by atoms with Crippen LogP contribution in [0.5, 0.6) is 0 Å². The third kappa shape index (κ3) is 3.02. The highest BCUT2D eigenvalue weighted by molar-refractivity contribution is 5.96. The standard InChI is InChI=1S/C15H18N4O4/c1-8-14(9(2)23-18-8)15(21)19-4-5-22-12(7-19)11-6-13(20)17-10(3)16-11/h6,12H,4-5,7H2,1-3H3,(H,16,17,20)/t12-/m0/s1. The van der Waals surface area contributed by atoms with Gasteiger partial charge in [0.05, 0.1) is 24.5 Å². The number of aromatic nitrogens is 3. The molecule has 1 aliphatic rings. The van der Waals surface area contributed by atoms with Crippen molar-refractivity contribution in [2.45, 2.75) is 26.9 Å². The number of aromatic amines is 1. The third-order valence-electron chi connectivity index (χ3n) is 3.81. The average molecular weight is 318 g/mol. The van der Waals surface area contributed by atoms with Crippen molar-refractivity contribution in [3.8, 4) is 0 Å². The minimum absolute atomic E-state index is 0.142. The van der Waals surface area contributed by atoms with Crippen molar-refractivity contribution in [1.82, 2.24) is 20.0 Å². The summed E-state index contributed by atoms with van der Waals surface area (Å²) in [7, 11) is 0. The lowest BCUT2D eigenvalue weighted by Crippen LogP contribution is -2.43. The zero-order valence-electron chi connectivity index (χ0n) is 13.3. The van der Waals surface area contributed by atoms with Crippen LogP contribution in [0.2, 0.25) is 0 Å². The number of morpholine rings is 1. The van der Waals surface area contributed by atoms with Crippen molar-refractivity contribution < 1.29 is 14.1 Å². The Bertz CT molecular complexity index is 776. The molecular weight excluding hydrogens is 300 g/mol. The van der Waals surface area contributed by atoms with Crippen LogP contribution >= 0.6 is 0 Å². The minimum atomic E-state index is -0.422. The number of ether oxygens (including phenoxy) is 1. The molecule has 1 aliphatic heterocycles. The Kier molecular flexibility index (Phi) is 3.99. The highest BCUT2D eigenvalue weighted by Gasteiger charge is 2.30. The first kappa shape index (κ1) is 15.4. The molecule has 2 aromatic rings. The molecule has 0 bridgehead atoms. The highest BCUT2D eigenvalue weighted by Crippen LogP contribution is 2.23. The maximum atomic E-state index is 12.7. The molecule has 0 spiro atoms. The second kappa shape index (κ2) is 5.96. The molecule has 0 unspecified atom stereocenters. The van der Waals surface area contributed by atoms with Gasteiger partial charge in [-0.1, -0.05) is 5.16 Å². The zero-order chi connectivity index (χ0) is 16.6. The van der Waals surface area contributed by atoms with Crippen molar-refractivity contribution in [2.24, 2.45) is 0 Å². The van der Waals surface area contributed by atoms with Crippen molar-refractivity contribution >= 4 is 5.91 Å². The van der Waals surface area contributed by atoms with Gasteiger partial charge in [-0.2, -0.15) is 0 Å². The lowest BCUT2D eigenvalue weighted by molar-refractivity contribution is -0.0249. The molecule has 122 valence electrons. The number of nitrogens with one attached hydrogen (secondary N) is 1. The van der Waals surface area contributed by atoms with Gasteiger partial charge in [0.25, 0.3) is 11.5 Å². The SMILES string of the molecule is Cc1nc([C@@H]2CN(C(=O)c3c(C)noc3C)CCO2)cc(=O)[nH]1. The highest BCUT2D eigenvalue weighted by atomic mass is 16.5. The Balaban J connectivity index is 1.83. The van der Waals surface area contributed by atoms with E-state index in [1.807, 2.05) is 0 Å². The summed E-state index contributed by atoms with van der Waals surface area (Å²) in [4.78, 5) is 32.9. The van der Waals surface area contributed by atoms with Gasteiger partial charge in [0.1, 0.15) is 23.3 Å². The van der Waals surface area contributed by atoms with Crippen LogP contribution in [-0.2, 0) is 4.74 Å². The fourth-order valence-electron chi connectivity index (χ4n) is 2.73. The van der Waals surface area contributed by atoms with Crippen LogP contribution in [0.3, 0.4) is 0 Å². The van der Waals surface area contributed by atoms with Crippen LogP contribution in [0.4, 0.5) is 0 Å². The summed E-state index contributed by atoms with van der Waals surface area (Å²) in [5, 5.41) is 3.82. The van der Waals surface area contributed by atoms with Gasteiger partial charge >= 0.3 is 0 Å². The topological polar surface area (TPSA) is 101 Å². The van der Waals surface area contributed by atoms with Gasteiger partial charge in [-0.3, -0.25) is 9.59 Å². The van der Waals surface area contributed by atoms with E-state index in [2.05, 4.69) is 15.1 Å². The largest absolute Gasteiger partial charge is 0.368 e. The van der Waals surface area contributed by atoms with Crippen LogP contribution < -0.4 is 5.56 Å². The van der Waals surface area contributed by atoms with E-state index in [0.717, 1.165) is 0 Å². The molecule has 2 aromatic heterocycles. The van der Waals surface area contributed by atoms with Gasteiger partial charge < -0.3 is 19.1 Å². The summed E-state index contributed by atoms with van der Waals surface area (Å²) in [5.74, 6) is 0.877. The van der Waals surface area contributed by atoms with Crippen molar-refractivity contribution in [1.29, 1.82) is 0 Å². The molecule has 1 atom stereocenters. The third-order valence-corrected chi connectivity index (χ3v) is 3.81. The molecule has 3 rings (SSSR count). The molecule has 1 fully saturated rings. The molecule has 8 heteroatoms. The van der Waals surface area contributed by atoms with Gasteiger partial charge in [-0.15, -0.1) is 0 Å². The van der Waals surface area contributed by atoms with Crippen LogP contribution in [0.1, 0.15) is 39.4 Å². The smallest absolute Gasteiger partial charge is 0.259 e. The summed E-state index contributed by atoms with van der Waals surface area (Å²) < 4.78 is 10.7. The zero-order valence-corrected chi connectivity index (χ0v) is 13.3. The summed E-state index contributed by atoms with van der Waals surface area (Å²) in [5.41, 5.74) is 1.36. The number of nitrogens with zero attached hydrogens (tertiary/aromatic N) is 3. The average Bonchev–Trinajstić information content (AvgIpc) is 2.85. The van der Waals surface area contributed by atoms with E-state index in [9.17, 15) is 9.59 Å². The molecule has 1 N–H and O–H groups in total. The Morgan fingerprint density at radius 1 is 1.39 bits per heavy atom. The normalized spacial score (nSPS) is 18.2. The predicted octanol–water partition coefficient (Wildman–Crippen LogP) is 0.897. The number of carbonyl (C=O) groups is 1. The summed E-state index contributed by atoms with van der Waals surface area (Å²) in [6.45, 7) is 6.35. The summed E-state index contributed by atoms with van der Waals surface area (Å²) in [6, 6.07) is 1.40. The van der Waals surface area contributed by atoms with E-state index >= 15 is 0 Å². The van der Waals surface area contributed by atoms with Gasteiger partial charge in [0.15, 0.2) is 0 Å². The molecule has 0 radical (unpaired) electrons. The van der Waals surface area contributed by atoms with Gasteiger partial charge in [-0.05, 0) is 20.8 Å². The van der Waals surface area contributed by atoms with Crippen LogP contribution in [0, 0.1) is 20.8 Å². The van der Waals surface area contributed by atoms with Gasteiger partial charge in [0, 0.05) is 12.6 Å². The Labute approximate surface area is 132 Å². The number of amides is 1. The van der Waals surface area contributed by atoms with E-state index in [4.69, 9.17) is 9.26 Å². The number of H-pyrrole nitrogens is 1.